The molecule has 5 aliphatic rings. The number of ether oxygens (including phenoxy) is 1. The van der Waals surface area contributed by atoms with Crippen molar-refractivity contribution in [3.05, 3.63) is 35.7 Å². The van der Waals surface area contributed by atoms with Crippen LogP contribution in [-0.2, 0) is 4.74 Å². The molecule has 7 rings (SSSR count). The number of hydrogen-bond donors (Lipinski definition) is 2. The molecule has 2 bridgehead atoms. The molecule has 0 amide bonds. The molecule has 6 nitrogen and oxygen atoms in total. The summed E-state index contributed by atoms with van der Waals surface area (Å²) >= 11 is 0. The highest BCUT2D eigenvalue weighted by Gasteiger charge is 2.82. The third kappa shape index (κ3) is 2.75. The molecule has 3 heterocycles. The lowest BCUT2D eigenvalue weighted by Gasteiger charge is -2.65. The molecule has 2 saturated carbocycles. The van der Waals surface area contributed by atoms with E-state index in [9.17, 15) is 10.2 Å². The fourth-order valence-corrected chi connectivity index (χ4v) is 9.18. The first-order valence-corrected chi connectivity index (χ1v) is 13.6. The molecule has 9 atom stereocenters. The van der Waals surface area contributed by atoms with Crippen LogP contribution in [0.5, 0.6) is 0 Å². The van der Waals surface area contributed by atoms with Crippen LogP contribution >= 0.6 is 0 Å². The average molecular weight is 515 g/mol. The van der Waals surface area contributed by atoms with Crippen molar-refractivity contribution in [2.24, 2.45) is 11.3 Å². The number of oxazole rings is 1. The lowest BCUT2D eigenvalue weighted by atomic mass is 9.51. The van der Waals surface area contributed by atoms with Crippen molar-refractivity contribution < 1.29 is 28.1 Å². The van der Waals surface area contributed by atoms with Crippen molar-refractivity contribution in [2.45, 2.75) is 99.6 Å². The highest BCUT2D eigenvalue weighted by atomic mass is 19.2. The summed E-state index contributed by atoms with van der Waals surface area (Å²) in [6.07, 6.45) is 1.17. The molecule has 8 heteroatoms. The van der Waals surface area contributed by atoms with Gasteiger partial charge in [0.2, 0.25) is 0 Å². The van der Waals surface area contributed by atoms with Gasteiger partial charge in [-0.3, -0.25) is 0 Å². The summed E-state index contributed by atoms with van der Waals surface area (Å²) < 4.78 is 46.6. The van der Waals surface area contributed by atoms with E-state index in [1.54, 1.807) is 0 Å². The first-order chi connectivity index (χ1) is 17.4. The highest BCUT2D eigenvalue weighted by molar-refractivity contribution is 5.82. The zero-order valence-electron chi connectivity index (χ0n) is 21.9. The Morgan fingerprint density at radius 1 is 1.11 bits per heavy atom. The molecular weight excluding hydrogens is 478 g/mol. The van der Waals surface area contributed by atoms with E-state index in [1.165, 1.54) is 5.57 Å². The Balaban J connectivity index is 1.29. The maximum Gasteiger partial charge on any atom is 0.192 e. The number of aromatic nitrogens is 1. The van der Waals surface area contributed by atoms with Gasteiger partial charge in [0.05, 0.1) is 6.10 Å². The van der Waals surface area contributed by atoms with E-state index in [-0.39, 0.29) is 24.2 Å². The zero-order valence-corrected chi connectivity index (χ0v) is 21.9. The molecule has 0 radical (unpaired) electrons. The summed E-state index contributed by atoms with van der Waals surface area (Å²) in [6, 6.07) is 5.57. The van der Waals surface area contributed by atoms with E-state index in [4.69, 9.17) is 9.15 Å². The fraction of sp³-hybridized carbons (Fsp3) is 0.690. The number of alkyl halides is 2. The van der Waals surface area contributed by atoms with Gasteiger partial charge in [-0.1, -0.05) is 19.1 Å². The van der Waals surface area contributed by atoms with Crippen LogP contribution in [0.4, 0.5) is 8.78 Å². The van der Waals surface area contributed by atoms with Gasteiger partial charge >= 0.3 is 0 Å². The normalized spacial score (nSPS) is 48.6. The molecule has 1 aromatic carbocycles. The Kier molecular flexibility index (Phi) is 4.71. The summed E-state index contributed by atoms with van der Waals surface area (Å²) in [6.45, 7) is 4.03. The summed E-state index contributed by atoms with van der Waals surface area (Å²) in [5.74, 6) is 0.474. The van der Waals surface area contributed by atoms with Gasteiger partial charge in [0, 0.05) is 25.3 Å². The predicted octanol–water partition coefficient (Wildman–Crippen LogP) is 4.50. The average Bonchev–Trinajstić information content (AvgIpc) is 3.50. The number of nitrogens with zero attached hydrogens (tertiary/aromatic N) is 2. The second-order valence-corrected chi connectivity index (χ2v) is 12.9. The first kappa shape index (κ1) is 24.2. The topological polar surface area (TPSA) is 79.0 Å². The maximum atomic E-state index is 17.2. The summed E-state index contributed by atoms with van der Waals surface area (Å²) in [5, 5.41) is 21.9. The molecule has 200 valence electrons. The number of likely N-dealkylation sites (N-methyl/N-ethyl adjacent to an activating group) is 1. The zero-order chi connectivity index (χ0) is 26.2. The minimum atomic E-state index is -2.33. The Bertz CT molecular complexity index is 1330. The van der Waals surface area contributed by atoms with E-state index in [2.05, 4.69) is 18.0 Å². The molecule has 2 saturated heterocycles. The quantitative estimate of drug-likeness (QED) is 0.614. The van der Waals surface area contributed by atoms with Gasteiger partial charge in [0.1, 0.15) is 28.5 Å². The van der Waals surface area contributed by atoms with Gasteiger partial charge in [0.25, 0.3) is 0 Å². The Morgan fingerprint density at radius 3 is 2.65 bits per heavy atom. The van der Waals surface area contributed by atoms with Crippen molar-refractivity contribution in [2.75, 3.05) is 14.1 Å². The number of fused-ring (bicyclic) bond motifs is 2. The van der Waals surface area contributed by atoms with Gasteiger partial charge in [0.15, 0.2) is 17.1 Å². The molecule has 3 aliphatic carbocycles. The van der Waals surface area contributed by atoms with Crippen LogP contribution in [0.15, 0.2) is 28.7 Å². The van der Waals surface area contributed by atoms with E-state index in [0.29, 0.717) is 31.6 Å². The third-order valence-corrected chi connectivity index (χ3v) is 11.1. The molecule has 1 aromatic heterocycles. The van der Waals surface area contributed by atoms with Crippen molar-refractivity contribution in [3.8, 4) is 0 Å². The van der Waals surface area contributed by atoms with Crippen LogP contribution in [0.2, 0.25) is 0 Å². The minimum Gasteiger partial charge on any atom is -0.441 e. The third-order valence-electron chi connectivity index (χ3n) is 11.1. The standard InChI is InChI=1S/C29H36F2N2O4/c1-16-32-19-13-17(5-7-21(19)36-16)18-6-8-22-25(18,2)9-10-26(30)15-28(31)24(35)23(34)20(33(3)4)14-27(28)11-12-29(22,26)37-27/h5-7,13,20,22-24,34-35H,8-12,14-15H2,1-4H3. The van der Waals surface area contributed by atoms with Crippen LogP contribution in [-0.4, -0.2) is 75.0 Å². The maximum absolute atomic E-state index is 17.2. The molecule has 2 spiro atoms. The largest absolute Gasteiger partial charge is 0.441 e. The Hall–Kier alpha value is -1.87. The van der Waals surface area contributed by atoms with Gasteiger partial charge in [-0.05, 0) is 81.3 Å². The van der Waals surface area contributed by atoms with Crippen molar-refractivity contribution in [3.63, 3.8) is 0 Å². The van der Waals surface area contributed by atoms with E-state index in [1.807, 2.05) is 44.1 Å². The lowest BCUT2D eigenvalue weighted by Crippen LogP contribution is -2.78. The second kappa shape index (κ2) is 7.20. The smallest absolute Gasteiger partial charge is 0.192 e. The lowest BCUT2D eigenvalue weighted by molar-refractivity contribution is -0.347. The van der Waals surface area contributed by atoms with Crippen LogP contribution in [0.1, 0.15) is 63.3 Å². The SMILES string of the molecule is Cc1nc2cc(C3=CCC4C3(C)CCC3(F)CC5(F)C(O)C(O)C(N(C)C)CC56CCC43O6)ccc2o1. The molecule has 2 N–H and O–H groups in total. The molecule has 37 heavy (non-hydrogen) atoms. The molecular formula is C29H36F2N2O4. The molecule has 2 aliphatic heterocycles. The predicted molar refractivity (Wildman–Crippen MR) is 134 cm³/mol. The van der Waals surface area contributed by atoms with E-state index < -0.39 is 47.2 Å². The molecule has 4 fully saturated rings. The number of rotatable bonds is 2. The number of aliphatic hydroxyl groups excluding tert-OH is 2. The Labute approximate surface area is 215 Å². The Morgan fingerprint density at radius 2 is 1.89 bits per heavy atom. The second-order valence-electron chi connectivity index (χ2n) is 12.9. The number of benzene rings is 1. The van der Waals surface area contributed by atoms with Crippen LogP contribution in [0.25, 0.3) is 16.7 Å². The molecule has 2 aromatic rings. The van der Waals surface area contributed by atoms with Crippen molar-refractivity contribution in [1.82, 2.24) is 9.88 Å². The van der Waals surface area contributed by atoms with Gasteiger partial charge < -0.3 is 24.3 Å². The van der Waals surface area contributed by atoms with Crippen LogP contribution in [0.3, 0.4) is 0 Å². The molecule has 9 unspecified atom stereocenters. The van der Waals surface area contributed by atoms with Crippen LogP contribution < -0.4 is 0 Å². The van der Waals surface area contributed by atoms with E-state index >= 15 is 8.78 Å². The number of allylic oxidation sites excluding steroid dienone is 2. The van der Waals surface area contributed by atoms with Gasteiger partial charge in [-0.25, -0.2) is 13.8 Å². The number of aryl methyl sites for hydroxylation is 1. The van der Waals surface area contributed by atoms with Crippen LogP contribution in [0, 0.1) is 18.3 Å². The summed E-state index contributed by atoms with van der Waals surface area (Å²) in [5.41, 5.74) is -3.23. The first-order valence-electron chi connectivity index (χ1n) is 13.6. The number of hydrogen-bond acceptors (Lipinski definition) is 6. The fourth-order valence-electron chi connectivity index (χ4n) is 9.18. The summed E-state index contributed by atoms with van der Waals surface area (Å²) in [7, 11) is 3.63. The number of aliphatic hydroxyl groups is 2. The highest BCUT2D eigenvalue weighted by Crippen LogP contribution is 2.74. The van der Waals surface area contributed by atoms with Crippen molar-refractivity contribution in [1.29, 1.82) is 0 Å². The van der Waals surface area contributed by atoms with Crippen molar-refractivity contribution >= 4 is 16.7 Å². The number of halogens is 2. The van der Waals surface area contributed by atoms with Gasteiger partial charge in [-0.15, -0.1) is 0 Å². The monoisotopic (exact) mass is 514 g/mol. The summed E-state index contributed by atoms with van der Waals surface area (Å²) in [4.78, 5) is 6.32. The van der Waals surface area contributed by atoms with E-state index in [0.717, 1.165) is 16.7 Å². The minimum absolute atomic E-state index is 0.144. The van der Waals surface area contributed by atoms with Gasteiger partial charge in [-0.2, -0.15) is 0 Å².